The average Bonchev–Trinajstić information content (AvgIpc) is 3.09. The van der Waals surface area contributed by atoms with Gasteiger partial charge < -0.3 is 31.2 Å². The molecule has 2 atom stereocenters. The number of aliphatic hydroxyl groups is 2. The van der Waals surface area contributed by atoms with Crippen molar-refractivity contribution >= 4 is 17.1 Å². The lowest BCUT2D eigenvalue weighted by molar-refractivity contribution is -0.00893. The summed E-state index contributed by atoms with van der Waals surface area (Å²) in [5.74, 6) is 0.196. The van der Waals surface area contributed by atoms with E-state index in [1.54, 1.807) is 54.7 Å². The second-order valence-corrected chi connectivity index (χ2v) is 18.4. The molecule has 6 aromatic carbocycles. The van der Waals surface area contributed by atoms with Gasteiger partial charge in [-0.05, 0) is 78.5 Å². The van der Waals surface area contributed by atoms with Crippen LogP contribution in [0.4, 0.5) is 34.6 Å². The highest BCUT2D eigenvalue weighted by Crippen LogP contribution is 2.38. The van der Waals surface area contributed by atoms with Crippen LogP contribution in [0.25, 0.3) is 37.5 Å². The highest BCUT2D eigenvalue weighted by atomic mass is 19.1. The Bertz CT molecular complexity index is 4080. The number of benzene rings is 6. The first-order valence-electron chi connectivity index (χ1n) is 24.6. The highest BCUT2D eigenvalue weighted by molar-refractivity contribution is 5.87. The maximum absolute atomic E-state index is 14.7. The third-order valence-electron chi connectivity index (χ3n) is 12.6. The van der Waals surface area contributed by atoms with Crippen molar-refractivity contribution in [3.63, 3.8) is 0 Å². The number of azide groups is 1. The third kappa shape index (κ3) is 14.2. The standard InChI is InChI=1S/C29H23F2N9O2.C18H13N3O.C11H10F2N6O/c1-18-8-20(10-32)28(34)24(11-33)27(18)19-2-5-23(6-3-19)42-13-22-12-39(38-37-22)14-29(41,15-40-17-35-16-36-40)25-7-4-21(30)9-26(25)31;1-4-9-22-14-7-5-13(6-8-14)17-12(2)10-16(21-3)18(20)15(17)11-19;12-8-1-2-9(10(13)3-8)11(20,4-16-18-14)5-19-7-15-6-17-19/h2-9,12,16-17,41H,13-15,34H2,1H3;1,5-8,10H,9,20H2,2H3;1-3,6-7,20H,4-5H2. The molecule has 22 nitrogen and oxygen atoms in total. The van der Waals surface area contributed by atoms with E-state index < -0.39 is 41.0 Å². The number of anilines is 2. The topological polar surface area (TPSA) is 328 Å². The molecule has 84 heavy (non-hydrogen) atoms. The number of terminal acetylenes is 1. The molecule has 0 aliphatic heterocycles. The van der Waals surface area contributed by atoms with Gasteiger partial charge in [-0.25, -0.2) is 46.4 Å². The second-order valence-electron chi connectivity index (χ2n) is 18.4. The Morgan fingerprint density at radius 3 is 1.70 bits per heavy atom. The van der Waals surface area contributed by atoms with Crippen LogP contribution in [-0.2, 0) is 37.4 Å². The number of aromatic nitrogens is 9. The van der Waals surface area contributed by atoms with Crippen LogP contribution in [0, 0.1) is 90.0 Å². The molecule has 2 unspecified atom stereocenters. The average molecular weight is 1140 g/mol. The Balaban J connectivity index is 0.000000202. The number of nitrogen functional groups attached to an aromatic ring is 2. The molecule has 0 aliphatic carbocycles. The number of nitriles is 3. The minimum absolute atomic E-state index is 0.0397. The first-order valence-corrected chi connectivity index (χ1v) is 24.6. The lowest BCUT2D eigenvalue weighted by Crippen LogP contribution is -2.37. The van der Waals surface area contributed by atoms with Gasteiger partial charge in [0, 0.05) is 39.3 Å². The van der Waals surface area contributed by atoms with E-state index in [0.29, 0.717) is 46.1 Å². The Morgan fingerprint density at radius 1 is 0.702 bits per heavy atom. The fourth-order valence-electron chi connectivity index (χ4n) is 8.76. The molecule has 6 N–H and O–H groups in total. The Morgan fingerprint density at radius 2 is 1.21 bits per heavy atom. The van der Waals surface area contributed by atoms with Gasteiger partial charge in [-0.15, -0.1) is 11.5 Å². The summed E-state index contributed by atoms with van der Waals surface area (Å²) in [4.78, 5) is 13.5. The van der Waals surface area contributed by atoms with Gasteiger partial charge in [-0.3, -0.25) is 0 Å². The molecule has 9 aromatic rings. The summed E-state index contributed by atoms with van der Waals surface area (Å²) in [5, 5.41) is 69.6. The molecule has 0 fully saturated rings. The molecule has 3 heterocycles. The number of ether oxygens (including phenoxy) is 2. The lowest BCUT2D eigenvalue weighted by Gasteiger charge is -2.28. The summed E-state index contributed by atoms with van der Waals surface area (Å²) in [6.45, 7) is 10.0. The normalized spacial score (nSPS) is 11.8. The van der Waals surface area contributed by atoms with Crippen LogP contribution in [0.15, 0.2) is 134 Å². The van der Waals surface area contributed by atoms with Gasteiger partial charge in [0.25, 0.3) is 0 Å². The van der Waals surface area contributed by atoms with E-state index >= 15 is 0 Å². The van der Waals surface area contributed by atoms with Crippen molar-refractivity contribution in [1.82, 2.24) is 44.5 Å². The van der Waals surface area contributed by atoms with Crippen LogP contribution in [0.5, 0.6) is 11.5 Å². The summed E-state index contributed by atoms with van der Waals surface area (Å²) in [7, 11) is 0. The lowest BCUT2D eigenvalue weighted by atomic mass is 9.92. The molecular weight excluding hydrogens is 1090 g/mol. The van der Waals surface area contributed by atoms with E-state index in [9.17, 15) is 43.6 Å². The molecular formula is C58H46F4N18O4. The molecule has 0 bridgehead atoms. The molecule has 3 aromatic heterocycles. The van der Waals surface area contributed by atoms with Gasteiger partial charge in [-0.1, -0.05) is 64.3 Å². The number of hydrogen-bond donors (Lipinski definition) is 4. The third-order valence-corrected chi connectivity index (χ3v) is 12.6. The number of aryl methyl sites for hydroxylation is 2. The predicted octanol–water partition coefficient (Wildman–Crippen LogP) is 9.05. The van der Waals surface area contributed by atoms with Crippen LogP contribution < -0.4 is 20.9 Å². The maximum atomic E-state index is 14.7. The Kier molecular flexibility index (Phi) is 19.3. The fraction of sp³-hybridized carbons (Fsp3) is 0.172. The number of halogens is 4. The minimum Gasteiger partial charge on any atom is -0.487 e. The van der Waals surface area contributed by atoms with Crippen molar-refractivity contribution in [2.75, 3.05) is 24.6 Å². The molecule has 0 saturated carbocycles. The quantitative estimate of drug-likeness (QED) is 0.0126. The van der Waals surface area contributed by atoms with Crippen molar-refractivity contribution in [2.24, 2.45) is 5.11 Å². The maximum Gasteiger partial charge on any atom is 0.210 e. The van der Waals surface area contributed by atoms with Crippen LogP contribution in [-0.4, -0.2) is 67.9 Å². The molecule has 26 heteroatoms. The summed E-state index contributed by atoms with van der Waals surface area (Å²) < 4.78 is 70.1. The monoisotopic (exact) mass is 1130 g/mol. The van der Waals surface area contributed by atoms with Crippen molar-refractivity contribution in [3.05, 3.63) is 218 Å². The zero-order valence-corrected chi connectivity index (χ0v) is 44.5. The largest absolute Gasteiger partial charge is 0.487 e. The van der Waals surface area contributed by atoms with Gasteiger partial charge in [0.05, 0.1) is 67.0 Å². The second kappa shape index (κ2) is 27.0. The molecule has 0 aliphatic rings. The summed E-state index contributed by atoms with van der Waals surface area (Å²) in [6, 6.07) is 29.5. The Hall–Kier alpha value is -11.6. The van der Waals surface area contributed by atoms with E-state index in [-0.39, 0.29) is 66.5 Å². The molecule has 0 saturated heterocycles. The first kappa shape index (κ1) is 60.1. The Labute approximate surface area is 476 Å². The van der Waals surface area contributed by atoms with Gasteiger partial charge >= 0.3 is 0 Å². The van der Waals surface area contributed by atoms with Crippen molar-refractivity contribution in [1.29, 1.82) is 15.8 Å². The summed E-state index contributed by atoms with van der Waals surface area (Å²) >= 11 is 0. The van der Waals surface area contributed by atoms with Crippen molar-refractivity contribution in [3.8, 4) is 64.3 Å². The molecule has 0 radical (unpaired) electrons. The van der Waals surface area contributed by atoms with Gasteiger partial charge in [0.1, 0.15) is 108 Å². The van der Waals surface area contributed by atoms with Crippen LogP contribution in [0.3, 0.4) is 0 Å². The summed E-state index contributed by atoms with van der Waals surface area (Å²) in [6.07, 6.45) is 11.9. The number of nitrogens with zero attached hydrogens (tertiary/aromatic N) is 16. The van der Waals surface area contributed by atoms with E-state index in [0.717, 1.165) is 46.0 Å². The van der Waals surface area contributed by atoms with Gasteiger partial charge in [-0.2, -0.15) is 26.0 Å². The molecule has 0 amide bonds. The van der Waals surface area contributed by atoms with E-state index in [1.165, 1.54) is 45.4 Å². The van der Waals surface area contributed by atoms with Crippen molar-refractivity contribution < 1.29 is 37.2 Å². The van der Waals surface area contributed by atoms with E-state index in [1.807, 2.05) is 32.0 Å². The van der Waals surface area contributed by atoms with Crippen LogP contribution >= 0.6 is 0 Å². The van der Waals surface area contributed by atoms with E-state index in [2.05, 4.69) is 63.4 Å². The predicted molar refractivity (Wildman–Crippen MR) is 296 cm³/mol. The smallest absolute Gasteiger partial charge is 0.210 e. The van der Waals surface area contributed by atoms with Gasteiger partial charge in [0.15, 0.2) is 0 Å². The first-order chi connectivity index (χ1) is 40.4. The highest BCUT2D eigenvalue weighted by Gasteiger charge is 2.35. The number of nitrogens with two attached hydrogens (primary N) is 2. The zero-order chi connectivity index (χ0) is 60.6. The van der Waals surface area contributed by atoms with Crippen LogP contribution in [0.2, 0.25) is 0 Å². The number of rotatable bonds is 17. The summed E-state index contributed by atoms with van der Waals surface area (Å²) in [5.41, 5.74) is 22.7. The van der Waals surface area contributed by atoms with Crippen molar-refractivity contribution in [2.45, 2.75) is 51.3 Å². The van der Waals surface area contributed by atoms with E-state index in [4.69, 9.17) is 39.5 Å². The number of hydrogen-bond acceptors (Lipinski definition) is 16. The zero-order valence-electron chi connectivity index (χ0n) is 44.5. The van der Waals surface area contributed by atoms with Gasteiger partial charge in [0.2, 0.25) is 5.69 Å². The molecule has 420 valence electrons. The van der Waals surface area contributed by atoms with Crippen LogP contribution in [0.1, 0.15) is 44.6 Å². The fourth-order valence-corrected chi connectivity index (χ4v) is 8.76. The molecule has 0 spiro atoms. The SMILES string of the molecule is Cc1cc(C#N)c(N)c(C#N)c1-c1ccc(OCc2cn(CC(O)(Cn3cncn3)c3ccc(F)cc3F)nn2)cc1.[C-]#[N+]c1cc(C)c(-c2ccc(OCC#C)cc2)c(C#N)c1N.[N-]=[N+]=NCC(O)(Cn1cncn1)c1ccc(F)cc1F. The molecule has 9 rings (SSSR count). The minimum atomic E-state index is -1.86.